The quantitative estimate of drug-likeness (QED) is 0.883. The van der Waals surface area contributed by atoms with Gasteiger partial charge in [0.15, 0.2) is 5.82 Å². The summed E-state index contributed by atoms with van der Waals surface area (Å²) in [7, 11) is 3.51. The average molecular weight is 253 g/mol. The number of nitrogens with zero attached hydrogens (tertiary/aromatic N) is 3. The Hall–Kier alpha value is -1.75. The van der Waals surface area contributed by atoms with Crippen molar-refractivity contribution in [2.45, 2.75) is 6.92 Å². The molecule has 0 saturated heterocycles. The molecule has 2 aromatic rings. The Morgan fingerprint density at radius 3 is 2.65 bits per heavy atom. The third kappa shape index (κ3) is 2.06. The zero-order valence-electron chi connectivity index (χ0n) is 9.86. The van der Waals surface area contributed by atoms with E-state index in [1.165, 1.54) is 4.57 Å². The maximum Gasteiger partial charge on any atom is 0.279 e. The second-order valence-electron chi connectivity index (χ2n) is 3.76. The highest BCUT2D eigenvalue weighted by molar-refractivity contribution is 6.30. The van der Waals surface area contributed by atoms with Crippen molar-refractivity contribution in [1.29, 1.82) is 0 Å². The molecule has 0 unspecified atom stereocenters. The van der Waals surface area contributed by atoms with Gasteiger partial charge in [-0.1, -0.05) is 11.6 Å². The van der Waals surface area contributed by atoms with E-state index in [2.05, 4.69) is 10.4 Å². The molecule has 90 valence electrons. The fourth-order valence-electron chi connectivity index (χ4n) is 1.56. The molecule has 0 aliphatic heterocycles. The summed E-state index contributed by atoms with van der Waals surface area (Å²) in [5.74, 6) is 0.564. The summed E-state index contributed by atoms with van der Waals surface area (Å²) >= 11 is 5.96. The van der Waals surface area contributed by atoms with E-state index in [0.717, 1.165) is 5.69 Å². The van der Waals surface area contributed by atoms with Crippen LogP contribution in [-0.4, -0.2) is 21.4 Å². The molecule has 17 heavy (non-hydrogen) atoms. The number of aryl methyl sites for hydroxylation is 2. The van der Waals surface area contributed by atoms with Gasteiger partial charge in [-0.2, -0.15) is 5.10 Å². The molecule has 2 heterocycles. The first-order valence-corrected chi connectivity index (χ1v) is 5.51. The summed E-state index contributed by atoms with van der Waals surface area (Å²) in [6.07, 6.45) is 1.56. The fraction of sp³-hybridized carbons (Fsp3) is 0.273. The average Bonchev–Trinajstić information content (AvgIpc) is 2.62. The smallest absolute Gasteiger partial charge is 0.279 e. The largest absolute Gasteiger partial charge is 0.384 e. The van der Waals surface area contributed by atoms with Crippen LogP contribution in [0.4, 0.5) is 5.69 Å². The lowest BCUT2D eigenvalue weighted by molar-refractivity contribution is 0.724. The Morgan fingerprint density at radius 1 is 1.41 bits per heavy atom. The predicted molar refractivity (Wildman–Crippen MR) is 68.1 cm³/mol. The first kappa shape index (κ1) is 11.7. The van der Waals surface area contributed by atoms with Crippen LogP contribution < -0.4 is 10.9 Å². The topological polar surface area (TPSA) is 51.9 Å². The number of halogens is 1. The maximum atomic E-state index is 12.1. The molecule has 0 fully saturated rings. The van der Waals surface area contributed by atoms with E-state index in [9.17, 15) is 4.79 Å². The standard InChI is InChI=1S/C11H13ClN4O/c1-7-4-10(14-15(7)3)16-6-8(12)5-9(13-2)11(16)17/h4-6,13H,1-3H3. The highest BCUT2D eigenvalue weighted by Gasteiger charge is 2.09. The monoisotopic (exact) mass is 252 g/mol. The molecule has 0 aliphatic carbocycles. The van der Waals surface area contributed by atoms with Crippen LogP contribution in [0.1, 0.15) is 5.69 Å². The lowest BCUT2D eigenvalue weighted by atomic mass is 10.4. The van der Waals surface area contributed by atoms with E-state index < -0.39 is 0 Å². The van der Waals surface area contributed by atoms with Gasteiger partial charge in [0.1, 0.15) is 5.69 Å². The molecule has 5 nitrogen and oxygen atoms in total. The van der Waals surface area contributed by atoms with E-state index >= 15 is 0 Å². The predicted octanol–water partition coefficient (Wildman–Crippen LogP) is 1.57. The Morgan fingerprint density at radius 2 is 2.12 bits per heavy atom. The van der Waals surface area contributed by atoms with Crippen molar-refractivity contribution >= 4 is 17.3 Å². The van der Waals surface area contributed by atoms with E-state index in [1.807, 2.05) is 20.0 Å². The highest BCUT2D eigenvalue weighted by atomic mass is 35.5. The summed E-state index contributed by atoms with van der Waals surface area (Å²) in [5, 5.41) is 7.55. The van der Waals surface area contributed by atoms with Gasteiger partial charge >= 0.3 is 0 Å². The lowest BCUT2D eigenvalue weighted by Gasteiger charge is -2.05. The van der Waals surface area contributed by atoms with Crippen molar-refractivity contribution < 1.29 is 0 Å². The van der Waals surface area contributed by atoms with Gasteiger partial charge in [0.25, 0.3) is 5.56 Å². The van der Waals surface area contributed by atoms with Crippen LogP contribution in [0.25, 0.3) is 5.82 Å². The Labute approximate surface area is 104 Å². The van der Waals surface area contributed by atoms with Crippen molar-refractivity contribution in [2.75, 3.05) is 12.4 Å². The number of nitrogens with one attached hydrogen (secondary N) is 1. The van der Waals surface area contributed by atoms with Crippen molar-refractivity contribution in [3.63, 3.8) is 0 Å². The molecule has 0 atom stereocenters. The summed E-state index contributed by atoms with van der Waals surface area (Å²) < 4.78 is 3.14. The van der Waals surface area contributed by atoms with Gasteiger partial charge < -0.3 is 5.32 Å². The number of hydrogen-bond donors (Lipinski definition) is 1. The second-order valence-corrected chi connectivity index (χ2v) is 4.20. The molecular formula is C11H13ClN4O. The van der Waals surface area contributed by atoms with Crippen LogP contribution in [0.2, 0.25) is 5.02 Å². The number of rotatable bonds is 2. The van der Waals surface area contributed by atoms with Crippen molar-refractivity contribution in [3.05, 3.63) is 39.4 Å². The van der Waals surface area contributed by atoms with Gasteiger partial charge in [-0.15, -0.1) is 0 Å². The van der Waals surface area contributed by atoms with Gasteiger partial charge in [-0.05, 0) is 13.0 Å². The molecule has 0 radical (unpaired) electrons. The van der Waals surface area contributed by atoms with E-state index in [-0.39, 0.29) is 5.56 Å². The minimum absolute atomic E-state index is 0.171. The normalized spacial score (nSPS) is 10.6. The van der Waals surface area contributed by atoms with E-state index in [1.54, 1.807) is 24.0 Å². The third-order valence-electron chi connectivity index (χ3n) is 2.60. The molecule has 0 saturated carbocycles. The summed E-state index contributed by atoms with van der Waals surface area (Å²) in [5.41, 5.74) is 1.24. The van der Waals surface area contributed by atoms with Crippen LogP contribution in [0, 0.1) is 6.92 Å². The van der Waals surface area contributed by atoms with Gasteiger partial charge in [0, 0.05) is 32.1 Å². The Kier molecular flexibility index (Phi) is 2.93. The van der Waals surface area contributed by atoms with Crippen LogP contribution in [0.5, 0.6) is 0 Å². The summed E-state index contributed by atoms with van der Waals surface area (Å²) in [4.78, 5) is 12.1. The SMILES string of the molecule is CNc1cc(Cl)cn(-c2cc(C)n(C)n2)c1=O. The third-order valence-corrected chi connectivity index (χ3v) is 2.81. The Balaban J connectivity index is 2.67. The van der Waals surface area contributed by atoms with Gasteiger partial charge in [-0.3, -0.25) is 14.0 Å². The zero-order valence-corrected chi connectivity index (χ0v) is 10.6. The van der Waals surface area contributed by atoms with Crippen molar-refractivity contribution in [3.8, 4) is 5.82 Å². The molecule has 2 rings (SSSR count). The van der Waals surface area contributed by atoms with Crippen LogP contribution in [0.3, 0.4) is 0 Å². The number of pyridine rings is 1. The minimum Gasteiger partial charge on any atom is -0.384 e. The van der Waals surface area contributed by atoms with Gasteiger partial charge in [0.05, 0.1) is 5.02 Å². The molecule has 2 aromatic heterocycles. The van der Waals surface area contributed by atoms with Crippen LogP contribution >= 0.6 is 11.6 Å². The van der Waals surface area contributed by atoms with Crippen molar-refractivity contribution in [1.82, 2.24) is 14.3 Å². The maximum absolute atomic E-state index is 12.1. The molecule has 0 aliphatic rings. The van der Waals surface area contributed by atoms with Crippen LogP contribution in [0.15, 0.2) is 23.1 Å². The highest BCUT2D eigenvalue weighted by Crippen LogP contribution is 2.14. The fourth-order valence-corrected chi connectivity index (χ4v) is 1.76. The lowest BCUT2D eigenvalue weighted by Crippen LogP contribution is -2.21. The number of anilines is 1. The zero-order chi connectivity index (χ0) is 12.6. The van der Waals surface area contributed by atoms with E-state index in [4.69, 9.17) is 11.6 Å². The van der Waals surface area contributed by atoms with Gasteiger partial charge in [-0.25, -0.2) is 0 Å². The summed E-state index contributed by atoms with van der Waals surface area (Å²) in [6, 6.07) is 3.42. The molecule has 6 heteroatoms. The molecule has 1 N–H and O–H groups in total. The summed E-state index contributed by atoms with van der Waals surface area (Å²) in [6.45, 7) is 1.92. The first-order valence-electron chi connectivity index (χ1n) is 5.14. The molecule has 0 spiro atoms. The Bertz CT molecular complexity index is 595. The number of aromatic nitrogens is 3. The van der Waals surface area contributed by atoms with E-state index in [0.29, 0.717) is 16.5 Å². The van der Waals surface area contributed by atoms with Gasteiger partial charge in [0.2, 0.25) is 0 Å². The second kappa shape index (κ2) is 4.25. The number of hydrogen-bond acceptors (Lipinski definition) is 3. The molecular weight excluding hydrogens is 240 g/mol. The van der Waals surface area contributed by atoms with Crippen molar-refractivity contribution in [2.24, 2.45) is 7.05 Å². The molecule has 0 aromatic carbocycles. The molecule has 0 amide bonds. The first-order chi connectivity index (χ1) is 8.02. The minimum atomic E-state index is -0.171. The molecule has 0 bridgehead atoms. The van der Waals surface area contributed by atoms with Crippen LogP contribution in [-0.2, 0) is 7.05 Å².